The molecule has 2 aromatic rings. The van der Waals surface area contributed by atoms with E-state index in [0.717, 1.165) is 18.2 Å². The minimum absolute atomic E-state index is 0.257. The van der Waals surface area contributed by atoms with Crippen LogP contribution in [0.2, 0.25) is 0 Å². The lowest BCUT2D eigenvalue weighted by Crippen LogP contribution is -3.04. The first-order valence-electron chi connectivity index (χ1n) is 7.00. The van der Waals surface area contributed by atoms with E-state index < -0.39 is 10.7 Å². The van der Waals surface area contributed by atoms with Crippen LogP contribution >= 0.6 is 0 Å². The number of nitrogens with zero attached hydrogens (tertiary/aromatic N) is 1. The Hall–Kier alpha value is -2.47. The quantitative estimate of drug-likeness (QED) is 0.634. The predicted octanol–water partition coefficient (Wildman–Crippen LogP) is 1.99. The fourth-order valence-corrected chi connectivity index (χ4v) is 2.19. The summed E-state index contributed by atoms with van der Waals surface area (Å²) >= 11 is 0. The molecule has 22 heavy (non-hydrogen) atoms. The van der Waals surface area contributed by atoms with Gasteiger partial charge in [-0.2, -0.15) is 0 Å². The molecule has 2 rings (SSSR count). The second-order valence-corrected chi connectivity index (χ2v) is 5.47. The Morgan fingerprint density at radius 1 is 1.14 bits per heavy atom. The Balaban J connectivity index is 2.05. The van der Waals surface area contributed by atoms with Crippen LogP contribution in [0.3, 0.4) is 0 Å². The molecule has 6 heteroatoms. The zero-order valence-electron chi connectivity index (χ0n) is 12.6. The molecule has 0 saturated carbocycles. The third-order valence-electron chi connectivity index (χ3n) is 3.22. The van der Waals surface area contributed by atoms with Gasteiger partial charge in [-0.1, -0.05) is 24.3 Å². The third-order valence-corrected chi connectivity index (χ3v) is 3.22. The maximum Gasteiger partial charge on any atom is 0.295 e. The Morgan fingerprint density at radius 3 is 2.36 bits per heavy atom. The number of hydrogen-bond donors (Lipinski definition) is 2. The summed E-state index contributed by atoms with van der Waals surface area (Å²) in [6, 6.07) is 11.6. The summed E-state index contributed by atoms with van der Waals surface area (Å²) < 4.78 is 13.1. The fourth-order valence-electron chi connectivity index (χ4n) is 2.19. The van der Waals surface area contributed by atoms with Crippen molar-refractivity contribution < 1.29 is 14.2 Å². The predicted molar refractivity (Wildman–Crippen MR) is 83.3 cm³/mol. The maximum atomic E-state index is 13.1. The number of anilines is 1. The Bertz CT molecular complexity index is 657. The van der Waals surface area contributed by atoms with Crippen molar-refractivity contribution in [1.29, 1.82) is 0 Å². The van der Waals surface area contributed by atoms with Crippen LogP contribution in [-0.2, 0) is 13.1 Å². The molecule has 0 bridgehead atoms. The smallest absolute Gasteiger partial charge is 0.295 e. The molecule has 0 spiro atoms. The normalized spacial score (nSPS) is 10.7. The molecule has 2 N–H and O–H groups in total. The van der Waals surface area contributed by atoms with Gasteiger partial charge in [-0.3, -0.25) is 10.1 Å². The molecule has 0 aliphatic carbocycles. The van der Waals surface area contributed by atoms with Gasteiger partial charge < -0.3 is 10.2 Å². The van der Waals surface area contributed by atoms with E-state index in [1.807, 2.05) is 24.3 Å². The number of benzene rings is 2. The number of nitro groups is 1. The number of nitrogens with one attached hydrogen (secondary N) is 2. The first-order valence-corrected chi connectivity index (χ1v) is 7.00. The van der Waals surface area contributed by atoms with Crippen molar-refractivity contribution in [3.05, 3.63) is 69.5 Å². The third kappa shape index (κ3) is 4.26. The number of hydrogen-bond acceptors (Lipinski definition) is 3. The largest absolute Gasteiger partial charge is 0.375 e. The molecule has 0 unspecified atom stereocenters. The van der Waals surface area contributed by atoms with Gasteiger partial charge >= 0.3 is 0 Å². The van der Waals surface area contributed by atoms with Crippen molar-refractivity contribution in [3.8, 4) is 0 Å². The van der Waals surface area contributed by atoms with Crippen LogP contribution < -0.4 is 10.2 Å². The number of quaternary nitrogens is 1. The van der Waals surface area contributed by atoms with Gasteiger partial charge in [-0.25, -0.2) is 4.39 Å². The van der Waals surface area contributed by atoms with Crippen molar-refractivity contribution in [2.24, 2.45) is 0 Å². The first-order chi connectivity index (χ1) is 10.5. The van der Waals surface area contributed by atoms with E-state index in [2.05, 4.69) is 19.4 Å². The molecule has 0 aliphatic rings. The number of halogens is 1. The topological polar surface area (TPSA) is 59.6 Å². The van der Waals surface area contributed by atoms with E-state index in [4.69, 9.17) is 0 Å². The van der Waals surface area contributed by atoms with Gasteiger partial charge in [-0.15, -0.1) is 0 Å². The van der Waals surface area contributed by atoms with Gasteiger partial charge in [0.15, 0.2) is 0 Å². The average Bonchev–Trinajstić information content (AvgIpc) is 2.46. The van der Waals surface area contributed by atoms with Crippen LogP contribution in [0.4, 0.5) is 15.8 Å². The highest BCUT2D eigenvalue weighted by Gasteiger charge is 2.14. The lowest BCUT2D eigenvalue weighted by atomic mass is 10.1. The second kappa shape index (κ2) is 7.00. The van der Waals surface area contributed by atoms with E-state index in [-0.39, 0.29) is 5.69 Å². The van der Waals surface area contributed by atoms with Gasteiger partial charge in [0.2, 0.25) is 0 Å². The Morgan fingerprint density at radius 2 is 1.77 bits per heavy atom. The molecule has 5 nitrogen and oxygen atoms in total. The molecule has 0 radical (unpaired) electrons. The zero-order valence-corrected chi connectivity index (χ0v) is 12.6. The van der Waals surface area contributed by atoms with E-state index in [9.17, 15) is 14.5 Å². The average molecular weight is 304 g/mol. The number of nitro benzene ring substituents is 1. The van der Waals surface area contributed by atoms with Crippen LogP contribution in [0.25, 0.3) is 0 Å². The second-order valence-electron chi connectivity index (χ2n) is 5.47. The van der Waals surface area contributed by atoms with Gasteiger partial charge in [0.25, 0.3) is 5.69 Å². The molecule has 0 aliphatic heterocycles. The summed E-state index contributed by atoms with van der Waals surface area (Å²) in [5, 5.41) is 13.9. The molecule has 0 saturated heterocycles. The van der Waals surface area contributed by atoms with Gasteiger partial charge in [0.05, 0.1) is 25.1 Å². The molecule has 0 atom stereocenters. The summed E-state index contributed by atoms with van der Waals surface area (Å²) in [6.07, 6.45) is 0. The van der Waals surface area contributed by atoms with Gasteiger partial charge in [0, 0.05) is 12.1 Å². The summed E-state index contributed by atoms with van der Waals surface area (Å²) in [4.78, 5) is 11.7. The summed E-state index contributed by atoms with van der Waals surface area (Å²) in [6.45, 7) is 1.39. The van der Waals surface area contributed by atoms with Gasteiger partial charge in [-0.05, 0) is 17.7 Å². The van der Waals surface area contributed by atoms with Crippen molar-refractivity contribution in [2.75, 3.05) is 19.4 Å². The summed E-state index contributed by atoms with van der Waals surface area (Å²) in [7, 11) is 4.17. The minimum Gasteiger partial charge on any atom is -0.375 e. The highest BCUT2D eigenvalue weighted by Crippen LogP contribution is 2.25. The molecule has 2 aromatic carbocycles. The Kier molecular flexibility index (Phi) is 5.06. The van der Waals surface area contributed by atoms with Crippen molar-refractivity contribution in [2.45, 2.75) is 13.1 Å². The van der Waals surface area contributed by atoms with Crippen LogP contribution in [0, 0.1) is 15.9 Å². The van der Waals surface area contributed by atoms with Gasteiger partial charge in [0.1, 0.15) is 18.0 Å². The van der Waals surface area contributed by atoms with Crippen molar-refractivity contribution in [1.82, 2.24) is 0 Å². The standard InChI is InChI=1S/C16H18FN3O2/c1-19(2)11-13-5-3-12(4-6-13)10-18-15-8-7-14(17)9-16(15)20(21)22/h3-9,18H,10-11H2,1-2H3/p+1. The molecule has 116 valence electrons. The highest BCUT2D eigenvalue weighted by molar-refractivity contribution is 5.61. The van der Waals surface area contributed by atoms with Crippen LogP contribution in [0.15, 0.2) is 42.5 Å². The summed E-state index contributed by atoms with van der Waals surface area (Å²) in [5.74, 6) is -0.618. The zero-order chi connectivity index (χ0) is 16.1. The highest BCUT2D eigenvalue weighted by atomic mass is 19.1. The van der Waals surface area contributed by atoms with E-state index in [1.165, 1.54) is 22.6 Å². The maximum absolute atomic E-state index is 13.1. The van der Waals surface area contributed by atoms with Crippen LogP contribution in [0.1, 0.15) is 11.1 Å². The van der Waals surface area contributed by atoms with Crippen molar-refractivity contribution in [3.63, 3.8) is 0 Å². The van der Waals surface area contributed by atoms with E-state index in [0.29, 0.717) is 12.2 Å². The lowest BCUT2D eigenvalue weighted by molar-refractivity contribution is -0.872. The first kappa shape index (κ1) is 15.9. The lowest BCUT2D eigenvalue weighted by Gasteiger charge is -2.09. The monoisotopic (exact) mass is 304 g/mol. The molecule has 0 aromatic heterocycles. The van der Waals surface area contributed by atoms with Crippen molar-refractivity contribution >= 4 is 11.4 Å². The van der Waals surface area contributed by atoms with Crippen LogP contribution in [-0.4, -0.2) is 19.0 Å². The number of rotatable bonds is 6. The summed E-state index contributed by atoms with van der Waals surface area (Å²) in [5.41, 5.74) is 2.30. The molecule has 0 fully saturated rings. The molecule has 0 amide bonds. The Labute approximate surface area is 128 Å². The molecule has 0 heterocycles. The van der Waals surface area contributed by atoms with E-state index >= 15 is 0 Å². The van der Waals surface area contributed by atoms with E-state index in [1.54, 1.807) is 0 Å². The SMILES string of the molecule is C[NH+](C)Cc1ccc(CNc2ccc(F)cc2[N+](=O)[O-])cc1. The molecular formula is C16H19FN3O2+. The minimum atomic E-state index is -0.618. The fraction of sp³-hybridized carbons (Fsp3) is 0.250. The molecular weight excluding hydrogens is 285 g/mol. The van der Waals surface area contributed by atoms with Crippen LogP contribution in [0.5, 0.6) is 0 Å².